The number of halogens is 5. The third kappa shape index (κ3) is 7.82. The number of rotatable bonds is 7. The van der Waals surface area contributed by atoms with E-state index in [-0.39, 0.29) is 34.4 Å². The van der Waals surface area contributed by atoms with Crippen LogP contribution in [0.5, 0.6) is 5.75 Å². The molecule has 1 saturated heterocycles. The largest absolute Gasteiger partial charge is 0.421 e. The molecule has 1 fully saturated rings. The first-order chi connectivity index (χ1) is 22.6. The van der Waals surface area contributed by atoms with Crippen molar-refractivity contribution in [1.82, 2.24) is 14.9 Å². The topological polar surface area (TPSA) is 73.8 Å². The monoisotopic (exact) mass is 684 g/mol. The predicted molar refractivity (Wildman–Crippen MR) is 180 cm³/mol. The van der Waals surface area contributed by atoms with Gasteiger partial charge in [-0.05, 0) is 101 Å². The third-order valence-electron chi connectivity index (χ3n) is 8.54. The number of hydrogen-bond acceptors (Lipinski definition) is 7. The maximum atomic E-state index is 15.4. The molecule has 1 N–H and O–H groups in total. The van der Waals surface area contributed by atoms with Gasteiger partial charge in [0.2, 0.25) is 5.95 Å². The molecule has 0 saturated carbocycles. The summed E-state index contributed by atoms with van der Waals surface area (Å²) >= 11 is 6.32. The molecule has 1 aliphatic heterocycles. The van der Waals surface area contributed by atoms with E-state index in [1.54, 1.807) is 26.0 Å². The maximum absolute atomic E-state index is 15.4. The summed E-state index contributed by atoms with van der Waals surface area (Å²) in [6.45, 7) is 10.7. The number of alkyl halides is 3. The number of aromatic nitrogens is 2. The normalized spacial score (nSPS) is 16.9. The lowest BCUT2D eigenvalue weighted by atomic mass is 10.1. The molecule has 0 radical (unpaired) electrons. The lowest BCUT2D eigenvalue weighted by Crippen LogP contribution is -2.55. The van der Waals surface area contributed by atoms with Crippen molar-refractivity contribution in [2.24, 2.45) is 0 Å². The second kappa shape index (κ2) is 14.0. The zero-order chi connectivity index (χ0) is 34.9. The molecular weight excluding hydrogens is 648 g/mol. The summed E-state index contributed by atoms with van der Waals surface area (Å²) in [4.78, 5) is 27.8. The Morgan fingerprint density at radius 3 is 2.31 bits per heavy atom. The van der Waals surface area contributed by atoms with Gasteiger partial charge in [0.25, 0.3) is 0 Å². The van der Waals surface area contributed by atoms with Crippen molar-refractivity contribution in [2.75, 3.05) is 35.3 Å². The highest BCUT2D eigenvalue weighted by molar-refractivity contribution is 6.31. The minimum Gasteiger partial charge on any atom is -0.409 e. The molecule has 4 aromatic rings. The van der Waals surface area contributed by atoms with Crippen molar-refractivity contribution in [1.29, 1.82) is 0 Å². The van der Waals surface area contributed by atoms with Crippen molar-refractivity contribution in [3.63, 3.8) is 0 Å². The zero-order valence-electron chi connectivity index (χ0n) is 27.5. The van der Waals surface area contributed by atoms with Crippen molar-refractivity contribution in [3.8, 4) is 5.75 Å². The van der Waals surface area contributed by atoms with Crippen molar-refractivity contribution >= 4 is 40.8 Å². The summed E-state index contributed by atoms with van der Waals surface area (Å²) < 4.78 is 62.0. The van der Waals surface area contributed by atoms with Gasteiger partial charge in [0, 0.05) is 42.1 Å². The van der Waals surface area contributed by atoms with Gasteiger partial charge in [-0.15, -0.1) is 0 Å². The highest BCUT2D eigenvalue weighted by Gasteiger charge is 2.32. The van der Waals surface area contributed by atoms with E-state index in [1.807, 2.05) is 24.0 Å². The van der Waals surface area contributed by atoms with E-state index in [0.29, 0.717) is 41.3 Å². The zero-order valence-corrected chi connectivity index (χ0v) is 28.2. The van der Waals surface area contributed by atoms with Gasteiger partial charge < -0.3 is 15.0 Å². The number of carbonyl (C=O) groups is 1. The summed E-state index contributed by atoms with van der Waals surface area (Å²) in [5.74, 6) is -0.0609. The number of likely N-dealkylation sites (N-methyl/N-ethyl adjacent to an activating group) is 1. The van der Waals surface area contributed by atoms with Gasteiger partial charge in [0.05, 0.1) is 17.8 Å². The molecule has 8 nitrogen and oxygen atoms in total. The minimum atomic E-state index is -4.63. The molecule has 0 unspecified atom stereocenters. The van der Waals surface area contributed by atoms with Crippen molar-refractivity contribution in [3.05, 3.63) is 99.5 Å². The molecule has 0 spiro atoms. The Balaban J connectivity index is 1.45. The number of amides is 1. The van der Waals surface area contributed by atoms with Crippen LogP contribution in [0.3, 0.4) is 0 Å². The number of anilines is 4. The molecule has 0 aliphatic carbocycles. The second-order valence-electron chi connectivity index (χ2n) is 12.3. The van der Waals surface area contributed by atoms with Crippen LogP contribution >= 0.6 is 11.6 Å². The highest BCUT2D eigenvalue weighted by Crippen LogP contribution is 2.34. The van der Waals surface area contributed by atoms with Crippen LogP contribution in [0.25, 0.3) is 0 Å². The Labute approximate surface area is 282 Å². The summed E-state index contributed by atoms with van der Waals surface area (Å²) in [6, 6.07) is 13.3. The van der Waals surface area contributed by atoms with Crippen LogP contribution in [0.1, 0.15) is 41.7 Å². The number of hydrogen-bond donors (Lipinski definition) is 1. The lowest BCUT2D eigenvalue weighted by molar-refractivity contribution is -0.137. The van der Waals surface area contributed by atoms with Crippen LogP contribution in [0.4, 0.5) is 45.5 Å². The van der Waals surface area contributed by atoms with Gasteiger partial charge in [-0.3, -0.25) is 9.80 Å². The Hall–Kier alpha value is -4.42. The van der Waals surface area contributed by atoms with Crippen LogP contribution < -0.4 is 19.9 Å². The highest BCUT2D eigenvalue weighted by atomic mass is 35.5. The van der Waals surface area contributed by atoms with Gasteiger partial charge in [-0.2, -0.15) is 18.2 Å². The summed E-state index contributed by atoms with van der Waals surface area (Å²) in [5.41, 5.74) is 2.33. The maximum Gasteiger partial charge on any atom is 0.421 e. The number of nitrogens with zero attached hydrogens (tertiary/aromatic N) is 5. The molecule has 1 aromatic heterocycles. The molecule has 48 heavy (non-hydrogen) atoms. The number of benzene rings is 3. The standard InChI is InChI=1S/C35H37ClF4N6O2/c1-20-13-21(2)32(22(3)14-20)48-34(47)46(19-25-15-26(35(38,39)40)7-9-28(25)36)31-11-12-41-33(43-31)42-27-8-10-30(29(37)16-27)45-17-23(4)44(6)24(5)18-45/h7-16,23-24H,17-19H2,1-6H3,(H,41,42,43)/t23-,24+. The molecule has 2 atom stereocenters. The van der Waals surface area contributed by atoms with Gasteiger partial charge >= 0.3 is 12.3 Å². The van der Waals surface area contributed by atoms with E-state index < -0.39 is 30.2 Å². The molecule has 2 heterocycles. The van der Waals surface area contributed by atoms with Crippen LogP contribution in [0.15, 0.2) is 60.8 Å². The quantitative estimate of drug-likeness (QED) is 0.195. The summed E-state index contributed by atoms with van der Waals surface area (Å²) in [6.07, 6.45) is -4.15. The Morgan fingerprint density at radius 1 is 1.02 bits per heavy atom. The first-order valence-corrected chi connectivity index (χ1v) is 15.8. The molecular formula is C35H37ClF4N6O2. The van der Waals surface area contributed by atoms with Crippen LogP contribution in [-0.2, 0) is 12.7 Å². The van der Waals surface area contributed by atoms with E-state index in [1.165, 1.54) is 18.3 Å². The summed E-state index contributed by atoms with van der Waals surface area (Å²) in [5, 5.41) is 2.99. The third-order valence-corrected chi connectivity index (χ3v) is 8.91. The number of nitrogens with one attached hydrogen (secondary N) is 1. The fourth-order valence-corrected chi connectivity index (χ4v) is 6.06. The Kier molecular flexibility index (Phi) is 10.2. The van der Waals surface area contributed by atoms with Gasteiger partial charge in [-0.1, -0.05) is 29.3 Å². The Bertz CT molecular complexity index is 1790. The molecule has 3 aromatic carbocycles. The lowest BCUT2D eigenvalue weighted by Gasteiger charge is -2.43. The smallest absolute Gasteiger partial charge is 0.409 e. The van der Waals surface area contributed by atoms with Gasteiger partial charge in [0.15, 0.2) is 0 Å². The van der Waals surface area contributed by atoms with E-state index in [9.17, 15) is 18.0 Å². The van der Waals surface area contributed by atoms with E-state index in [0.717, 1.165) is 28.7 Å². The van der Waals surface area contributed by atoms with Crippen LogP contribution in [-0.4, -0.2) is 53.2 Å². The SMILES string of the molecule is Cc1cc(C)c(OC(=O)N(Cc2cc(C(F)(F)F)ccc2Cl)c2ccnc(Nc3ccc(N4C[C@@H](C)N(C)[C@@H](C)C4)c(F)c3)n2)c(C)c1. The fraction of sp³-hybridized carbons (Fsp3) is 0.343. The molecule has 1 amide bonds. The second-order valence-corrected chi connectivity index (χ2v) is 12.7. The minimum absolute atomic E-state index is 0.0194. The fourth-order valence-electron chi connectivity index (χ4n) is 5.88. The average molecular weight is 685 g/mol. The van der Waals surface area contributed by atoms with Gasteiger partial charge in [0.1, 0.15) is 17.4 Å². The Morgan fingerprint density at radius 2 is 1.69 bits per heavy atom. The number of carbonyl (C=O) groups excluding carboxylic acids is 1. The first kappa shape index (κ1) is 34.9. The van der Waals surface area contributed by atoms with E-state index in [4.69, 9.17) is 16.3 Å². The number of aryl methyl sites for hydroxylation is 3. The summed E-state index contributed by atoms with van der Waals surface area (Å²) in [7, 11) is 2.06. The van der Waals surface area contributed by atoms with Crippen LogP contribution in [0.2, 0.25) is 5.02 Å². The van der Waals surface area contributed by atoms with Gasteiger partial charge in [-0.25, -0.2) is 14.2 Å². The van der Waals surface area contributed by atoms with E-state index >= 15 is 4.39 Å². The number of ether oxygens (including phenoxy) is 1. The molecule has 5 rings (SSSR count). The molecule has 254 valence electrons. The van der Waals surface area contributed by atoms with Crippen molar-refractivity contribution in [2.45, 2.75) is 59.4 Å². The average Bonchev–Trinajstić information content (AvgIpc) is 3.00. The first-order valence-electron chi connectivity index (χ1n) is 15.4. The predicted octanol–water partition coefficient (Wildman–Crippen LogP) is 8.69. The van der Waals surface area contributed by atoms with E-state index in [2.05, 4.69) is 41.1 Å². The number of piperazine rings is 1. The van der Waals surface area contributed by atoms with Crippen LogP contribution in [0, 0.1) is 26.6 Å². The molecule has 1 aliphatic rings. The molecule has 13 heteroatoms. The molecule has 0 bridgehead atoms. The van der Waals surface area contributed by atoms with Crippen molar-refractivity contribution < 1.29 is 27.1 Å².